The SMILES string of the molecule is O=S(=O)(c1ccccc1)n1cnc2c(N3CCCNCC3)cccc21. The van der Waals surface area contributed by atoms with E-state index < -0.39 is 10.0 Å². The molecule has 0 bridgehead atoms. The van der Waals surface area contributed by atoms with Crippen molar-refractivity contribution in [2.24, 2.45) is 0 Å². The first-order valence-electron chi connectivity index (χ1n) is 8.40. The van der Waals surface area contributed by atoms with Gasteiger partial charge in [-0.15, -0.1) is 0 Å². The number of fused-ring (bicyclic) bond motifs is 1. The fourth-order valence-electron chi connectivity index (χ4n) is 3.24. The van der Waals surface area contributed by atoms with Crippen LogP contribution in [0.15, 0.2) is 59.8 Å². The van der Waals surface area contributed by atoms with E-state index in [9.17, 15) is 8.42 Å². The first-order valence-corrected chi connectivity index (χ1v) is 9.84. The molecule has 1 N–H and O–H groups in total. The van der Waals surface area contributed by atoms with Crippen LogP contribution in [0.1, 0.15) is 6.42 Å². The number of anilines is 1. The highest BCUT2D eigenvalue weighted by Crippen LogP contribution is 2.28. The molecule has 130 valence electrons. The molecule has 1 saturated heterocycles. The number of aromatic nitrogens is 2. The van der Waals surface area contributed by atoms with E-state index in [0.717, 1.165) is 43.8 Å². The van der Waals surface area contributed by atoms with Crippen molar-refractivity contribution in [3.8, 4) is 0 Å². The lowest BCUT2D eigenvalue weighted by Crippen LogP contribution is -2.28. The second-order valence-electron chi connectivity index (χ2n) is 6.09. The molecule has 0 saturated carbocycles. The molecule has 7 heteroatoms. The molecule has 2 heterocycles. The summed E-state index contributed by atoms with van der Waals surface area (Å²) in [5.41, 5.74) is 2.32. The van der Waals surface area contributed by atoms with E-state index in [-0.39, 0.29) is 4.90 Å². The Morgan fingerprint density at radius 3 is 2.64 bits per heavy atom. The molecule has 1 aliphatic heterocycles. The highest BCUT2D eigenvalue weighted by molar-refractivity contribution is 7.90. The summed E-state index contributed by atoms with van der Waals surface area (Å²) in [5.74, 6) is 0. The Kier molecular flexibility index (Phi) is 4.19. The predicted octanol–water partition coefficient (Wildman–Crippen LogP) is 2.07. The normalized spacial score (nSPS) is 16.1. The van der Waals surface area contributed by atoms with Crippen LogP contribution in [0.25, 0.3) is 11.0 Å². The molecule has 0 radical (unpaired) electrons. The fourth-order valence-corrected chi connectivity index (χ4v) is 4.55. The van der Waals surface area contributed by atoms with Gasteiger partial charge in [-0.1, -0.05) is 24.3 Å². The maximum Gasteiger partial charge on any atom is 0.269 e. The summed E-state index contributed by atoms with van der Waals surface area (Å²) in [6, 6.07) is 14.2. The maximum atomic E-state index is 13.0. The second-order valence-corrected chi connectivity index (χ2v) is 7.91. The van der Waals surface area contributed by atoms with Crippen molar-refractivity contribution >= 4 is 26.7 Å². The maximum absolute atomic E-state index is 13.0. The Morgan fingerprint density at radius 2 is 1.80 bits per heavy atom. The van der Waals surface area contributed by atoms with Crippen molar-refractivity contribution in [1.29, 1.82) is 0 Å². The van der Waals surface area contributed by atoms with Crippen molar-refractivity contribution in [2.45, 2.75) is 11.3 Å². The van der Waals surface area contributed by atoms with Crippen molar-refractivity contribution in [2.75, 3.05) is 31.1 Å². The van der Waals surface area contributed by atoms with Crippen molar-refractivity contribution in [3.63, 3.8) is 0 Å². The summed E-state index contributed by atoms with van der Waals surface area (Å²) in [6.07, 6.45) is 2.46. The molecule has 0 unspecified atom stereocenters. The fraction of sp³-hybridized carbons (Fsp3) is 0.278. The Morgan fingerprint density at radius 1 is 0.960 bits per heavy atom. The average molecular weight is 356 g/mol. The molecular formula is C18H20N4O2S. The zero-order chi connectivity index (χ0) is 17.3. The minimum atomic E-state index is -3.65. The summed E-state index contributed by atoms with van der Waals surface area (Å²) in [7, 11) is -3.65. The van der Waals surface area contributed by atoms with E-state index in [0.29, 0.717) is 5.52 Å². The van der Waals surface area contributed by atoms with Gasteiger partial charge in [0.15, 0.2) is 0 Å². The summed E-state index contributed by atoms with van der Waals surface area (Å²) in [6.45, 7) is 3.74. The zero-order valence-electron chi connectivity index (χ0n) is 13.8. The molecule has 1 aromatic heterocycles. The quantitative estimate of drug-likeness (QED) is 0.778. The lowest BCUT2D eigenvalue weighted by molar-refractivity contribution is 0.588. The predicted molar refractivity (Wildman–Crippen MR) is 98.5 cm³/mol. The first kappa shape index (κ1) is 16.1. The third-order valence-electron chi connectivity index (χ3n) is 4.50. The molecule has 0 amide bonds. The molecule has 6 nitrogen and oxygen atoms in total. The third kappa shape index (κ3) is 2.89. The first-order chi connectivity index (χ1) is 12.2. The average Bonchev–Trinajstić information content (AvgIpc) is 2.91. The van der Waals surface area contributed by atoms with Crippen molar-refractivity contribution in [3.05, 3.63) is 54.9 Å². The Bertz CT molecular complexity index is 975. The van der Waals surface area contributed by atoms with Crippen LogP contribution in [-0.4, -0.2) is 43.6 Å². The largest absolute Gasteiger partial charge is 0.368 e. The van der Waals surface area contributed by atoms with Crippen molar-refractivity contribution in [1.82, 2.24) is 14.3 Å². The van der Waals surface area contributed by atoms with Gasteiger partial charge in [-0.2, -0.15) is 0 Å². The van der Waals surface area contributed by atoms with Gasteiger partial charge in [-0.3, -0.25) is 0 Å². The van der Waals surface area contributed by atoms with Gasteiger partial charge in [0.1, 0.15) is 11.8 Å². The zero-order valence-corrected chi connectivity index (χ0v) is 14.6. The lowest BCUT2D eigenvalue weighted by Gasteiger charge is -2.22. The second kappa shape index (κ2) is 6.50. The number of hydrogen-bond acceptors (Lipinski definition) is 5. The van der Waals surface area contributed by atoms with Crippen LogP contribution in [0, 0.1) is 0 Å². The standard InChI is InChI=1S/C18H20N4O2S/c23-25(24,15-6-2-1-3-7-15)22-14-20-18-16(8-4-9-17(18)22)21-12-5-10-19-11-13-21/h1-4,6-9,14,19H,5,10-13H2. The molecule has 2 aromatic carbocycles. The van der Waals surface area contributed by atoms with Gasteiger partial charge in [0.05, 0.1) is 16.1 Å². The highest BCUT2D eigenvalue weighted by Gasteiger charge is 2.21. The molecule has 1 fully saturated rings. The van der Waals surface area contributed by atoms with Crippen LogP contribution in [0.5, 0.6) is 0 Å². The van der Waals surface area contributed by atoms with E-state index in [1.165, 1.54) is 10.3 Å². The van der Waals surface area contributed by atoms with Crippen LogP contribution >= 0.6 is 0 Å². The van der Waals surface area contributed by atoms with Gasteiger partial charge in [0.25, 0.3) is 10.0 Å². The van der Waals surface area contributed by atoms with Crippen LogP contribution in [-0.2, 0) is 10.0 Å². The van der Waals surface area contributed by atoms with Gasteiger partial charge >= 0.3 is 0 Å². The number of imidazole rings is 1. The lowest BCUT2D eigenvalue weighted by atomic mass is 10.2. The number of benzene rings is 2. The summed E-state index contributed by atoms with van der Waals surface area (Å²) in [5, 5.41) is 3.38. The van der Waals surface area contributed by atoms with E-state index in [1.54, 1.807) is 30.3 Å². The monoisotopic (exact) mass is 356 g/mol. The minimum absolute atomic E-state index is 0.263. The minimum Gasteiger partial charge on any atom is -0.368 e. The van der Waals surface area contributed by atoms with E-state index in [1.807, 2.05) is 18.2 Å². The number of hydrogen-bond donors (Lipinski definition) is 1. The molecule has 1 aliphatic rings. The van der Waals surface area contributed by atoms with Gasteiger partial charge in [-0.25, -0.2) is 17.4 Å². The molecular weight excluding hydrogens is 336 g/mol. The molecule has 4 rings (SSSR count). The number of nitrogens with one attached hydrogen (secondary N) is 1. The van der Waals surface area contributed by atoms with E-state index in [4.69, 9.17) is 0 Å². The van der Waals surface area contributed by atoms with Gasteiger partial charge < -0.3 is 10.2 Å². The molecule has 3 aromatic rings. The number of rotatable bonds is 3. The van der Waals surface area contributed by atoms with Crippen LogP contribution in [0.4, 0.5) is 5.69 Å². The highest BCUT2D eigenvalue weighted by atomic mass is 32.2. The Hall–Kier alpha value is -2.38. The van der Waals surface area contributed by atoms with E-state index >= 15 is 0 Å². The van der Waals surface area contributed by atoms with Crippen LogP contribution in [0.3, 0.4) is 0 Å². The summed E-state index contributed by atoms with van der Waals surface area (Å²) >= 11 is 0. The molecule has 0 spiro atoms. The third-order valence-corrected chi connectivity index (χ3v) is 6.18. The van der Waals surface area contributed by atoms with Gasteiger partial charge in [0, 0.05) is 19.6 Å². The molecule has 0 aliphatic carbocycles. The smallest absolute Gasteiger partial charge is 0.269 e. The Balaban J connectivity index is 1.82. The van der Waals surface area contributed by atoms with Crippen LogP contribution < -0.4 is 10.2 Å². The number of para-hydroxylation sites is 1. The molecule has 0 atom stereocenters. The van der Waals surface area contributed by atoms with E-state index in [2.05, 4.69) is 15.2 Å². The topological polar surface area (TPSA) is 67.2 Å². The Labute approximate surface area is 147 Å². The van der Waals surface area contributed by atoms with Crippen LogP contribution in [0.2, 0.25) is 0 Å². The summed E-state index contributed by atoms with van der Waals surface area (Å²) in [4.78, 5) is 6.97. The van der Waals surface area contributed by atoms with Gasteiger partial charge in [-0.05, 0) is 37.2 Å². The van der Waals surface area contributed by atoms with Crippen molar-refractivity contribution < 1.29 is 8.42 Å². The summed E-state index contributed by atoms with van der Waals surface area (Å²) < 4.78 is 27.2. The molecule has 25 heavy (non-hydrogen) atoms. The number of nitrogens with zero attached hydrogens (tertiary/aromatic N) is 3. The van der Waals surface area contributed by atoms with Gasteiger partial charge in [0.2, 0.25) is 0 Å².